The summed E-state index contributed by atoms with van der Waals surface area (Å²) < 4.78 is 10.5. The SMILES string of the molecule is CCOc1ccccc1NC(=O)[C@H](C)OC(=O)c1cc([N+](=O)[O-])ccc1N. The number of benzene rings is 2. The van der Waals surface area contributed by atoms with Crippen molar-refractivity contribution in [2.24, 2.45) is 0 Å². The minimum Gasteiger partial charge on any atom is -0.492 e. The number of carbonyl (C=O) groups is 2. The van der Waals surface area contributed by atoms with E-state index in [1.54, 1.807) is 24.3 Å². The minimum atomic E-state index is -1.16. The normalized spacial score (nSPS) is 11.3. The van der Waals surface area contributed by atoms with Crippen molar-refractivity contribution in [1.82, 2.24) is 0 Å². The highest BCUT2D eigenvalue weighted by molar-refractivity contribution is 6.00. The van der Waals surface area contributed by atoms with E-state index in [1.807, 2.05) is 6.92 Å². The minimum absolute atomic E-state index is 0.0138. The Hall–Kier alpha value is -3.62. The van der Waals surface area contributed by atoms with Crippen LogP contribution in [0, 0.1) is 10.1 Å². The van der Waals surface area contributed by atoms with Gasteiger partial charge < -0.3 is 20.5 Å². The molecule has 9 nitrogen and oxygen atoms in total. The molecule has 0 heterocycles. The lowest BCUT2D eigenvalue weighted by molar-refractivity contribution is -0.384. The van der Waals surface area contributed by atoms with Crippen LogP contribution in [0.1, 0.15) is 24.2 Å². The largest absolute Gasteiger partial charge is 0.492 e. The van der Waals surface area contributed by atoms with E-state index in [0.717, 1.165) is 6.07 Å². The third-order valence-electron chi connectivity index (χ3n) is 3.57. The van der Waals surface area contributed by atoms with Gasteiger partial charge >= 0.3 is 5.97 Å². The number of anilines is 2. The molecule has 2 aromatic rings. The molecular formula is C18H19N3O6. The number of ether oxygens (including phenoxy) is 2. The number of esters is 1. The summed E-state index contributed by atoms with van der Waals surface area (Å²) in [6.07, 6.45) is -1.16. The van der Waals surface area contributed by atoms with Gasteiger partial charge in [0.15, 0.2) is 6.10 Å². The van der Waals surface area contributed by atoms with Crippen LogP contribution >= 0.6 is 0 Å². The number of para-hydroxylation sites is 2. The summed E-state index contributed by atoms with van der Waals surface area (Å²) in [5, 5.41) is 13.5. The van der Waals surface area contributed by atoms with Gasteiger partial charge in [0.05, 0.1) is 22.8 Å². The number of amides is 1. The number of nitrogens with zero attached hydrogens (tertiary/aromatic N) is 1. The summed E-state index contributed by atoms with van der Waals surface area (Å²) in [7, 11) is 0. The van der Waals surface area contributed by atoms with Crippen LogP contribution in [-0.4, -0.2) is 29.5 Å². The molecule has 0 bridgehead atoms. The van der Waals surface area contributed by atoms with E-state index in [1.165, 1.54) is 19.1 Å². The molecule has 142 valence electrons. The molecule has 2 rings (SSSR count). The fraction of sp³-hybridized carbons (Fsp3) is 0.222. The second-order valence-corrected chi connectivity index (χ2v) is 5.49. The van der Waals surface area contributed by atoms with Gasteiger partial charge in [-0.3, -0.25) is 14.9 Å². The van der Waals surface area contributed by atoms with Gasteiger partial charge in [0.1, 0.15) is 5.75 Å². The smallest absolute Gasteiger partial charge is 0.341 e. The van der Waals surface area contributed by atoms with E-state index < -0.39 is 22.9 Å². The number of carbonyl (C=O) groups excluding carboxylic acids is 2. The van der Waals surface area contributed by atoms with Crippen molar-refractivity contribution in [1.29, 1.82) is 0 Å². The Balaban J connectivity index is 2.09. The number of nitrogen functional groups attached to an aromatic ring is 1. The first-order valence-electron chi connectivity index (χ1n) is 8.11. The third kappa shape index (κ3) is 4.94. The van der Waals surface area contributed by atoms with E-state index in [0.29, 0.717) is 18.0 Å². The van der Waals surface area contributed by atoms with Gasteiger partial charge in [0.2, 0.25) is 0 Å². The lowest BCUT2D eigenvalue weighted by Crippen LogP contribution is -2.30. The van der Waals surface area contributed by atoms with E-state index in [4.69, 9.17) is 15.2 Å². The number of nitro benzene ring substituents is 1. The standard InChI is InChI=1S/C18H19N3O6/c1-3-26-16-7-5-4-6-15(16)20-17(22)11(2)27-18(23)13-10-12(21(24)25)8-9-14(13)19/h4-11H,3,19H2,1-2H3,(H,20,22)/t11-/m0/s1. The van der Waals surface area contributed by atoms with Crippen molar-refractivity contribution in [2.75, 3.05) is 17.7 Å². The van der Waals surface area contributed by atoms with Gasteiger partial charge in [-0.1, -0.05) is 12.1 Å². The van der Waals surface area contributed by atoms with Gasteiger partial charge in [-0.15, -0.1) is 0 Å². The molecular weight excluding hydrogens is 354 g/mol. The van der Waals surface area contributed by atoms with Gasteiger partial charge in [-0.25, -0.2) is 4.79 Å². The highest BCUT2D eigenvalue weighted by Crippen LogP contribution is 2.24. The molecule has 0 aliphatic rings. The van der Waals surface area contributed by atoms with Crippen molar-refractivity contribution in [3.8, 4) is 5.75 Å². The van der Waals surface area contributed by atoms with Crippen molar-refractivity contribution >= 4 is 28.9 Å². The summed E-state index contributed by atoms with van der Waals surface area (Å²) in [5.41, 5.74) is 5.64. The Bertz CT molecular complexity index is 868. The molecule has 0 radical (unpaired) electrons. The number of nitrogens with two attached hydrogens (primary N) is 1. The average Bonchev–Trinajstić information content (AvgIpc) is 2.63. The predicted molar refractivity (Wildman–Crippen MR) is 98.6 cm³/mol. The lowest BCUT2D eigenvalue weighted by Gasteiger charge is -2.16. The summed E-state index contributed by atoms with van der Waals surface area (Å²) in [6, 6.07) is 10.2. The molecule has 3 N–H and O–H groups in total. The van der Waals surface area contributed by atoms with Crippen LogP contribution in [-0.2, 0) is 9.53 Å². The zero-order valence-corrected chi connectivity index (χ0v) is 14.8. The van der Waals surface area contributed by atoms with Crippen LogP contribution < -0.4 is 15.8 Å². The Morgan fingerprint density at radius 2 is 1.96 bits per heavy atom. The maximum absolute atomic E-state index is 12.3. The molecule has 9 heteroatoms. The zero-order valence-electron chi connectivity index (χ0n) is 14.8. The Morgan fingerprint density at radius 1 is 1.26 bits per heavy atom. The quantitative estimate of drug-likeness (QED) is 0.330. The van der Waals surface area contributed by atoms with Gasteiger partial charge in [-0.2, -0.15) is 0 Å². The molecule has 0 saturated carbocycles. The summed E-state index contributed by atoms with van der Waals surface area (Å²) >= 11 is 0. The maximum atomic E-state index is 12.3. The number of hydrogen-bond donors (Lipinski definition) is 2. The van der Waals surface area contributed by atoms with E-state index in [-0.39, 0.29) is 16.9 Å². The summed E-state index contributed by atoms with van der Waals surface area (Å²) in [6.45, 7) is 3.61. The summed E-state index contributed by atoms with van der Waals surface area (Å²) in [4.78, 5) is 34.7. The lowest BCUT2D eigenvalue weighted by atomic mass is 10.1. The molecule has 0 spiro atoms. The number of nitrogens with one attached hydrogen (secondary N) is 1. The fourth-order valence-electron chi connectivity index (χ4n) is 2.20. The van der Waals surface area contributed by atoms with Crippen LogP contribution in [0.15, 0.2) is 42.5 Å². The topological polar surface area (TPSA) is 134 Å². The van der Waals surface area contributed by atoms with Crippen LogP contribution in [0.4, 0.5) is 17.1 Å². The van der Waals surface area contributed by atoms with E-state index >= 15 is 0 Å². The molecule has 1 amide bonds. The fourth-order valence-corrected chi connectivity index (χ4v) is 2.20. The molecule has 27 heavy (non-hydrogen) atoms. The van der Waals surface area contributed by atoms with Crippen molar-refractivity contribution in [3.05, 3.63) is 58.1 Å². The first-order valence-corrected chi connectivity index (χ1v) is 8.11. The first kappa shape index (κ1) is 19.7. The molecule has 0 saturated heterocycles. The average molecular weight is 373 g/mol. The molecule has 0 aliphatic heterocycles. The predicted octanol–water partition coefficient (Wildman–Crippen LogP) is 2.76. The Morgan fingerprint density at radius 3 is 2.63 bits per heavy atom. The number of nitro groups is 1. The number of hydrogen-bond acceptors (Lipinski definition) is 7. The first-order chi connectivity index (χ1) is 12.8. The Kier molecular flexibility index (Phi) is 6.32. The molecule has 1 atom stereocenters. The number of non-ortho nitro benzene ring substituents is 1. The van der Waals surface area contributed by atoms with Crippen LogP contribution in [0.3, 0.4) is 0 Å². The van der Waals surface area contributed by atoms with E-state index in [2.05, 4.69) is 5.32 Å². The monoisotopic (exact) mass is 373 g/mol. The molecule has 0 fully saturated rings. The van der Waals surface area contributed by atoms with Gasteiger partial charge in [0, 0.05) is 17.8 Å². The van der Waals surface area contributed by atoms with Crippen molar-refractivity contribution in [2.45, 2.75) is 20.0 Å². The molecule has 0 aromatic heterocycles. The second kappa shape index (κ2) is 8.65. The third-order valence-corrected chi connectivity index (χ3v) is 3.57. The van der Waals surface area contributed by atoms with Crippen LogP contribution in [0.25, 0.3) is 0 Å². The molecule has 0 aliphatic carbocycles. The van der Waals surface area contributed by atoms with Gasteiger partial charge in [-0.05, 0) is 32.0 Å². The Labute approximate surface area is 155 Å². The van der Waals surface area contributed by atoms with E-state index in [9.17, 15) is 19.7 Å². The summed E-state index contributed by atoms with van der Waals surface area (Å²) in [5.74, 6) is -1.04. The zero-order chi connectivity index (χ0) is 20.0. The molecule has 2 aromatic carbocycles. The van der Waals surface area contributed by atoms with Crippen LogP contribution in [0.5, 0.6) is 5.75 Å². The van der Waals surface area contributed by atoms with Gasteiger partial charge in [0.25, 0.3) is 11.6 Å². The second-order valence-electron chi connectivity index (χ2n) is 5.49. The van der Waals surface area contributed by atoms with Crippen LogP contribution in [0.2, 0.25) is 0 Å². The van der Waals surface area contributed by atoms with Crippen molar-refractivity contribution < 1.29 is 24.0 Å². The molecule has 0 unspecified atom stereocenters. The highest BCUT2D eigenvalue weighted by atomic mass is 16.6. The highest BCUT2D eigenvalue weighted by Gasteiger charge is 2.23. The number of rotatable bonds is 7. The van der Waals surface area contributed by atoms with Crippen molar-refractivity contribution in [3.63, 3.8) is 0 Å². The maximum Gasteiger partial charge on any atom is 0.341 e.